The van der Waals surface area contributed by atoms with E-state index in [4.69, 9.17) is 5.73 Å². The first-order valence-electron chi connectivity index (χ1n) is 6.99. The van der Waals surface area contributed by atoms with Gasteiger partial charge < -0.3 is 10.3 Å². The number of imidazole rings is 1. The lowest BCUT2D eigenvalue weighted by molar-refractivity contribution is 0.215. The Morgan fingerprint density at radius 1 is 1.26 bits per heavy atom. The zero-order valence-electron chi connectivity index (χ0n) is 11.4. The van der Waals surface area contributed by atoms with E-state index in [1.165, 1.54) is 12.5 Å². The van der Waals surface area contributed by atoms with Crippen LogP contribution in [-0.4, -0.2) is 9.55 Å². The Bertz CT molecular complexity index is 605. The van der Waals surface area contributed by atoms with Gasteiger partial charge in [-0.05, 0) is 49.3 Å². The van der Waals surface area contributed by atoms with Gasteiger partial charge in [-0.2, -0.15) is 0 Å². The fourth-order valence-corrected chi connectivity index (χ4v) is 3.22. The molecule has 3 unspecified atom stereocenters. The van der Waals surface area contributed by atoms with E-state index in [1.54, 1.807) is 12.1 Å². The van der Waals surface area contributed by atoms with E-state index in [0.717, 1.165) is 29.8 Å². The molecular formula is C15H20FN3. The number of nitrogens with two attached hydrogens (primary N) is 1. The molecule has 0 bridgehead atoms. The molecule has 3 nitrogen and oxygen atoms in total. The number of benzene rings is 1. The van der Waals surface area contributed by atoms with Crippen LogP contribution in [-0.2, 0) is 0 Å². The van der Waals surface area contributed by atoms with E-state index in [9.17, 15) is 4.39 Å². The first kappa shape index (κ1) is 12.5. The Hall–Kier alpha value is -1.58. The minimum Gasteiger partial charge on any atom is -0.369 e. The quantitative estimate of drug-likeness (QED) is 0.849. The van der Waals surface area contributed by atoms with Crippen LogP contribution < -0.4 is 5.73 Å². The number of nitrogen functional groups attached to an aromatic ring is 1. The number of nitrogens with zero attached hydrogens (tertiary/aromatic N) is 2. The van der Waals surface area contributed by atoms with Crippen molar-refractivity contribution in [2.45, 2.75) is 39.2 Å². The summed E-state index contributed by atoms with van der Waals surface area (Å²) in [5.41, 5.74) is 7.65. The van der Waals surface area contributed by atoms with Gasteiger partial charge in [-0.15, -0.1) is 0 Å². The maximum Gasteiger partial charge on any atom is 0.201 e. The molecule has 2 aromatic rings. The predicted octanol–water partition coefficient (Wildman–Crippen LogP) is 3.75. The molecule has 1 fully saturated rings. The number of aromatic nitrogens is 2. The lowest BCUT2D eigenvalue weighted by Crippen LogP contribution is -2.24. The van der Waals surface area contributed by atoms with Crippen LogP contribution in [0.4, 0.5) is 10.3 Å². The van der Waals surface area contributed by atoms with E-state index in [1.807, 2.05) is 4.57 Å². The maximum absolute atomic E-state index is 13.4. The molecule has 1 heterocycles. The van der Waals surface area contributed by atoms with Gasteiger partial charge in [0.15, 0.2) is 0 Å². The first-order valence-corrected chi connectivity index (χ1v) is 6.99. The van der Waals surface area contributed by atoms with Gasteiger partial charge in [0.05, 0.1) is 11.0 Å². The van der Waals surface area contributed by atoms with Gasteiger partial charge in [0.1, 0.15) is 5.82 Å². The molecule has 2 N–H and O–H groups in total. The Balaban J connectivity index is 2.04. The summed E-state index contributed by atoms with van der Waals surface area (Å²) in [5.74, 6) is 1.70. The summed E-state index contributed by atoms with van der Waals surface area (Å²) in [4.78, 5) is 4.35. The Kier molecular flexibility index (Phi) is 2.96. The third-order valence-electron chi connectivity index (χ3n) is 4.61. The van der Waals surface area contributed by atoms with Crippen LogP contribution in [0.3, 0.4) is 0 Å². The topological polar surface area (TPSA) is 43.8 Å². The second-order valence-electron chi connectivity index (χ2n) is 5.89. The van der Waals surface area contributed by atoms with Crippen LogP contribution in [0.2, 0.25) is 0 Å². The molecule has 1 aliphatic rings. The van der Waals surface area contributed by atoms with Crippen molar-refractivity contribution in [1.29, 1.82) is 0 Å². The van der Waals surface area contributed by atoms with Crippen molar-refractivity contribution >= 4 is 17.0 Å². The van der Waals surface area contributed by atoms with Crippen molar-refractivity contribution in [3.05, 3.63) is 24.0 Å². The third-order valence-corrected chi connectivity index (χ3v) is 4.61. The predicted molar refractivity (Wildman–Crippen MR) is 75.3 cm³/mol. The average Bonchev–Trinajstić information content (AvgIpc) is 2.68. The Labute approximate surface area is 112 Å². The summed E-state index contributed by atoms with van der Waals surface area (Å²) < 4.78 is 15.5. The number of fused-ring (bicyclic) bond motifs is 1. The average molecular weight is 261 g/mol. The molecule has 0 spiro atoms. The van der Waals surface area contributed by atoms with Gasteiger partial charge in [0, 0.05) is 6.04 Å². The van der Waals surface area contributed by atoms with Gasteiger partial charge in [0.25, 0.3) is 0 Å². The van der Waals surface area contributed by atoms with Crippen molar-refractivity contribution in [3.63, 3.8) is 0 Å². The Morgan fingerprint density at radius 2 is 2.05 bits per heavy atom. The van der Waals surface area contributed by atoms with Crippen LogP contribution in [0.5, 0.6) is 0 Å². The van der Waals surface area contributed by atoms with Gasteiger partial charge in [-0.25, -0.2) is 9.37 Å². The first-order chi connectivity index (χ1) is 9.06. The number of hydrogen-bond donors (Lipinski definition) is 1. The highest BCUT2D eigenvalue weighted by Gasteiger charge is 2.27. The fourth-order valence-electron chi connectivity index (χ4n) is 3.22. The maximum atomic E-state index is 13.4. The fraction of sp³-hybridized carbons (Fsp3) is 0.533. The van der Waals surface area contributed by atoms with Crippen LogP contribution in [0.25, 0.3) is 11.0 Å². The zero-order chi connectivity index (χ0) is 13.6. The van der Waals surface area contributed by atoms with Gasteiger partial charge in [-0.1, -0.05) is 13.8 Å². The summed E-state index contributed by atoms with van der Waals surface area (Å²) in [7, 11) is 0. The summed E-state index contributed by atoms with van der Waals surface area (Å²) >= 11 is 0. The van der Waals surface area contributed by atoms with Crippen LogP contribution in [0.15, 0.2) is 18.2 Å². The normalized spacial score (nSPS) is 27.8. The van der Waals surface area contributed by atoms with Crippen molar-refractivity contribution in [3.8, 4) is 0 Å². The van der Waals surface area contributed by atoms with E-state index in [2.05, 4.69) is 18.8 Å². The van der Waals surface area contributed by atoms with Crippen LogP contribution in [0, 0.1) is 17.7 Å². The lowest BCUT2D eigenvalue weighted by atomic mass is 9.79. The summed E-state index contributed by atoms with van der Waals surface area (Å²) in [5, 5.41) is 0. The van der Waals surface area contributed by atoms with Crippen molar-refractivity contribution in [1.82, 2.24) is 9.55 Å². The SMILES string of the molecule is CC1CCC(n2c(N)nc3ccc(F)cc32)CC1C. The molecule has 1 aliphatic carbocycles. The number of anilines is 1. The molecule has 19 heavy (non-hydrogen) atoms. The standard InChI is InChI=1S/C15H20FN3/c1-9-3-5-12(7-10(9)2)19-14-8-11(16)4-6-13(14)18-15(19)17/h4,6,8-10,12H,3,5,7H2,1-2H3,(H2,17,18). The zero-order valence-corrected chi connectivity index (χ0v) is 11.4. The molecule has 4 heteroatoms. The molecule has 1 saturated carbocycles. The molecule has 1 aromatic heterocycles. The second kappa shape index (κ2) is 4.51. The molecule has 0 radical (unpaired) electrons. The van der Waals surface area contributed by atoms with Crippen LogP contribution in [0.1, 0.15) is 39.2 Å². The molecule has 0 saturated heterocycles. The minimum atomic E-state index is -0.231. The van der Waals surface area contributed by atoms with Gasteiger partial charge in [0.2, 0.25) is 5.95 Å². The molecule has 3 rings (SSSR count). The highest BCUT2D eigenvalue weighted by molar-refractivity contribution is 5.78. The van der Waals surface area contributed by atoms with Gasteiger partial charge >= 0.3 is 0 Å². The number of rotatable bonds is 1. The number of halogens is 1. The highest BCUT2D eigenvalue weighted by Crippen LogP contribution is 2.38. The number of hydrogen-bond acceptors (Lipinski definition) is 2. The second-order valence-corrected chi connectivity index (χ2v) is 5.89. The molecular weight excluding hydrogens is 241 g/mol. The molecule has 0 aliphatic heterocycles. The van der Waals surface area contributed by atoms with Crippen LogP contribution >= 0.6 is 0 Å². The van der Waals surface area contributed by atoms with E-state index in [0.29, 0.717) is 17.9 Å². The van der Waals surface area contributed by atoms with E-state index >= 15 is 0 Å². The monoisotopic (exact) mass is 261 g/mol. The molecule has 102 valence electrons. The van der Waals surface area contributed by atoms with Crippen molar-refractivity contribution in [2.75, 3.05) is 5.73 Å². The smallest absolute Gasteiger partial charge is 0.201 e. The molecule has 3 atom stereocenters. The van der Waals surface area contributed by atoms with Gasteiger partial charge in [-0.3, -0.25) is 0 Å². The Morgan fingerprint density at radius 3 is 2.79 bits per heavy atom. The van der Waals surface area contributed by atoms with Crippen molar-refractivity contribution in [2.24, 2.45) is 11.8 Å². The van der Waals surface area contributed by atoms with Crippen molar-refractivity contribution < 1.29 is 4.39 Å². The summed E-state index contributed by atoms with van der Waals surface area (Å²) in [6, 6.07) is 5.02. The summed E-state index contributed by atoms with van der Waals surface area (Å²) in [6.07, 6.45) is 3.38. The largest absolute Gasteiger partial charge is 0.369 e. The highest BCUT2D eigenvalue weighted by atomic mass is 19.1. The third kappa shape index (κ3) is 2.09. The molecule has 1 aromatic carbocycles. The van der Waals surface area contributed by atoms with E-state index in [-0.39, 0.29) is 5.82 Å². The lowest BCUT2D eigenvalue weighted by Gasteiger charge is -2.33. The van der Waals surface area contributed by atoms with E-state index < -0.39 is 0 Å². The minimum absolute atomic E-state index is 0.231. The summed E-state index contributed by atoms with van der Waals surface area (Å²) in [6.45, 7) is 4.59. The molecule has 0 amide bonds.